The lowest BCUT2D eigenvalue weighted by molar-refractivity contribution is 0.0793. The third kappa shape index (κ3) is 3.71. The van der Waals surface area contributed by atoms with Gasteiger partial charge < -0.3 is 10.2 Å². The van der Waals surface area contributed by atoms with E-state index in [1.54, 1.807) is 42.5 Å². The molecule has 2 aromatic carbocycles. The van der Waals surface area contributed by atoms with Crippen LogP contribution >= 0.6 is 23.2 Å². The van der Waals surface area contributed by atoms with Crippen LogP contribution in [0.2, 0.25) is 10.0 Å². The van der Waals surface area contributed by atoms with Gasteiger partial charge in [-0.15, -0.1) is 0 Å². The third-order valence-electron chi connectivity index (χ3n) is 3.94. The average molecular weight is 363 g/mol. The summed E-state index contributed by atoms with van der Waals surface area (Å²) in [5.74, 6) is -0.377. The predicted molar refractivity (Wildman–Crippen MR) is 96.0 cm³/mol. The Labute approximate surface area is 150 Å². The molecule has 0 unspecified atom stereocenters. The number of halogens is 2. The second kappa shape index (κ2) is 7.24. The molecule has 2 aromatic rings. The molecule has 0 aliphatic carbocycles. The average Bonchev–Trinajstić information content (AvgIpc) is 3.12. The van der Waals surface area contributed by atoms with Gasteiger partial charge in [0.15, 0.2) is 0 Å². The van der Waals surface area contributed by atoms with Gasteiger partial charge in [0.1, 0.15) is 0 Å². The molecule has 0 spiro atoms. The number of anilines is 1. The Bertz CT molecular complexity index is 786. The van der Waals surface area contributed by atoms with Gasteiger partial charge in [0.25, 0.3) is 11.8 Å². The number of hydrogen-bond donors (Lipinski definition) is 1. The number of amides is 2. The molecule has 1 saturated heterocycles. The van der Waals surface area contributed by atoms with Crippen molar-refractivity contribution in [2.45, 2.75) is 12.8 Å². The first-order valence-corrected chi connectivity index (χ1v) is 8.46. The molecule has 1 fully saturated rings. The van der Waals surface area contributed by atoms with Crippen molar-refractivity contribution in [1.82, 2.24) is 4.90 Å². The van der Waals surface area contributed by atoms with E-state index in [0.717, 1.165) is 25.9 Å². The monoisotopic (exact) mass is 362 g/mol. The van der Waals surface area contributed by atoms with Gasteiger partial charge in [0.2, 0.25) is 0 Å². The zero-order chi connectivity index (χ0) is 17.1. The van der Waals surface area contributed by atoms with Crippen LogP contribution in [0, 0.1) is 0 Å². The van der Waals surface area contributed by atoms with E-state index in [-0.39, 0.29) is 11.8 Å². The summed E-state index contributed by atoms with van der Waals surface area (Å²) in [6, 6.07) is 11.5. The van der Waals surface area contributed by atoms with Crippen LogP contribution in [0.5, 0.6) is 0 Å². The van der Waals surface area contributed by atoms with Crippen molar-refractivity contribution >= 4 is 40.7 Å². The zero-order valence-electron chi connectivity index (χ0n) is 12.9. The molecule has 1 heterocycles. The summed E-state index contributed by atoms with van der Waals surface area (Å²) in [5.41, 5.74) is 1.35. The molecular formula is C18H16Cl2N2O2. The Morgan fingerprint density at radius 2 is 1.67 bits per heavy atom. The zero-order valence-corrected chi connectivity index (χ0v) is 14.4. The first kappa shape index (κ1) is 16.8. The summed E-state index contributed by atoms with van der Waals surface area (Å²) in [7, 11) is 0. The van der Waals surface area contributed by atoms with Crippen molar-refractivity contribution in [3.05, 3.63) is 63.6 Å². The Morgan fingerprint density at radius 3 is 2.42 bits per heavy atom. The van der Waals surface area contributed by atoms with E-state index >= 15 is 0 Å². The molecule has 1 aliphatic rings. The van der Waals surface area contributed by atoms with Gasteiger partial charge in [0.05, 0.1) is 10.7 Å². The predicted octanol–water partition coefficient (Wildman–Crippen LogP) is 4.48. The smallest absolute Gasteiger partial charge is 0.255 e. The van der Waals surface area contributed by atoms with Crippen molar-refractivity contribution in [3.8, 4) is 0 Å². The van der Waals surface area contributed by atoms with Gasteiger partial charge in [-0.2, -0.15) is 0 Å². The van der Waals surface area contributed by atoms with Gasteiger partial charge in [-0.05, 0) is 49.2 Å². The molecular weight excluding hydrogens is 347 g/mol. The molecule has 0 aromatic heterocycles. The largest absolute Gasteiger partial charge is 0.339 e. The van der Waals surface area contributed by atoms with Crippen LogP contribution in [0.15, 0.2) is 42.5 Å². The number of nitrogens with zero attached hydrogens (tertiary/aromatic N) is 1. The van der Waals surface area contributed by atoms with Gasteiger partial charge in [-0.25, -0.2) is 0 Å². The fourth-order valence-electron chi connectivity index (χ4n) is 2.68. The van der Waals surface area contributed by atoms with Crippen LogP contribution in [0.3, 0.4) is 0 Å². The maximum absolute atomic E-state index is 12.4. The van der Waals surface area contributed by atoms with Crippen molar-refractivity contribution in [2.75, 3.05) is 18.4 Å². The first-order chi connectivity index (χ1) is 11.5. The molecule has 4 nitrogen and oxygen atoms in total. The molecule has 0 bridgehead atoms. The maximum Gasteiger partial charge on any atom is 0.255 e. The first-order valence-electron chi connectivity index (χ1n) is 7.70. The van der Waals surface area contributed by atoms with E-state index in [1.165, 1.54) is 0 Å². The van der Waals surface area contributed by atoms with Gasteiger partial charge >= 0.3 is 0 Å². The van der Waals surface area contributed by atoms with E-state index < -0.39 is 0 Å². The van der Waals surface area contributed by atoms with E-state index in [9.17, 15) is 9.59 Å². The van der Waals surface area contributed by atoms with E-state index in [1.807, 2.05) is 4.90 Å². The van der Waals surface area contributed by atoms with Crippen molar-refractivity contribution in [2.24, 2.45) is 0 Å². The van der Waals surface area contributed by atoms with E-state index in [4.69, 9.17) is 23.2 Å². The van der Waals surface area contributed by atoms with Crippen LogP contribution in [0.1, 0.15) is 33.6 Å². The minimum absolute atomic E-state index is 0.0389. The highest BCUT2D eigenvalue weighted by molar-refractivity contribution is 6.35. The van der Waals surface area contributed by atoms with Crippen LogP contribution < -0.4 is 5.32 Å². The second-order valence-corrected chi connectivity index (χ2v) is 6.50. The van der Waals surface area contributed by atoms with Crippen molar-refractivity contribution in [1.29, 1.82) is 0 Å². The molecule has 0 radical (unpaired) electrons. The third-order valence-corrected chi connectivity index (χ3v) is 4.51. The molecule has 2 amide bonds. The molecule has 24 heavy (non-hydrogen) atoms. The van der Waals surface area contributed by atoms with Crippen molar-refractivity contribution < 1.29 is 9.59 Å². The molecule has 1 aliphatic heterocycles. The Morgan fingerprint density at radius 1 is 0.958 bits per heavy atom. The highest BCUT2D eigenvalue weighted by Gasteiger charge is 2.20. The van der Waals surface area contributed by atoms with Crippen molar-refractivity contribution in [3.63, 3.8) is 0 Å². The SMILES string of the molecule is O=C(Nc1cc(Cl)ccc1Cl)c1cccc(C(=O)N2CCCC2)c1. The summed E-state index contributed by atoms with van der Waals surface area (Å²) in [6.45, 7) is 1.54. The summed E-state index contributed by atoms with van der Waals surface area (Å²) >= 11 is 12.0. The molecule has 3 rings (SSSR count). The van der Waals surface area contributed by atoms with Gasteiger partial charge in [0, 0.05) is 29.2 Å². The fraction of sp³-hybridized carbons (Fsp3) is 0.222. The van der Waals surface area contributed by atoms with Gasteiger partial charge in [-0.1, -0.05) is 29.3 Å². The van der Waals surface area contributed by atoms with Crippen LogP contribution in [0.4, 0.5) is 5.69 Å². The normalized spacial score (nSPS) is 13.8. The van der Waals surface area contributed by atoms with Crippen LogP contribution in [-0.2, 0) is 0 Å². The maximum atomic E-state index is 12.4. The van der Waals surface area contributed by atoms with Gasteiger partial charge in [-0.3, -0.25) is 9.59 Å². The number of carbonyl (C=O) groups is 2. The Kier molecular flexibility index (Phi) is 5.07. The topological polar surface area (TPSA) is 49.4 Å². The minimum Gasteiger partial charge on any atom is -0.339 e. The summed E-state index contributed by atoms with van der Waals surface area (Å²) in [4.78, 5) is 26.7. The number of rotatable bonds is 3. The number of hydrogen-bond acceptors (Lipinski definition) is 2. The standard InChI is InChI=1S/C18H16Cl2N2O2/c19-14-6-7-15(20)16(11-14)21-17(23)12-4-3-5-13(10-12)18(24)22-8-1-2-9-22/h3-7,10-11H,1-2,8-9H2,(H,21,23). The number of carbonyl (C=O) groups excluding carboxylic acids is 2. The number of likely N-dealkylation sites (tertiary alicyclic amines) is 1. The van der Waals surface area contributed by atoms with Crippen LogP contribution in [-0.4, -0.2) is 29.8 Å². The molecule has 6 heteroatoms. The summed E-state index contributed by atoms with van der Waals surface area (Å²) in [5, 5.41) is 3.60. The summed E-state index contributed by atoms with van der Waals surface area (Å²) < 4.78 is 0. The highest BCUT2D eigenvalue weighted by Crippen LogP contribution is 2.26. The Hall–Kier alpha value is -2.04. The number of nitrogens with one attached hydrogen (secondary N) is 1. The van der Waals surface area contributed by atoms with E-state index in [2.05, 4.69) is 5.32 Å². The quantitative estimate of drug-likeness (QED) is 0.874. The van der Waals surface area contributed by atoms with Crippen LogP contribution in [0.25, 0.3) is 0 Å². The molecule has 124 valence electrons. The van der Waals surface area contributed by atoms with E-state index in [0.29, 0.717) is 26.9 Å². The molecule has 0 saturated carbocycles. The summed E-state index contributed by atoms with van der Waals surface area (Å²) in [6.07, 6.45) is 2.05. The highest BCUT2D eigenvalue weighted by atomic mass is 35.5. The minimum atomic E-state index is -0.338. The Balaban J connectivity index is 1.79. The number of benzene rings is 2. The second-order valence-electron chi connectivity index (χ2n) is 5.66. The molecule has 1 N–H and O–H groups in total. The lowest BCUT2D eigenvalue weighted by Gasteiger charge is -2.15. The lowest BCUT2D eigenvalue weighted by Crippen LogP contribution is -2.27. The fourth-order valence-corrected chi connectivity index (χ4v) is 3.02. The lowest BCUT2D eigenvalue weighted by atomic mass is 10.1. The molecule has 0 atom stereocenters.